The van der Waals surface area contributed by atoms with Gasteiger partial charge in [0, 0.05) is 22.9 Å². The molecule has 0 radical (unpaired) electrons. The van der Waals surface area contributed by atoms with Crippen LogP contribution in [0.5, 0.6) is 11.5 Å². The quantitative estimate of drug-likeness (QED) is 0.538. The Balaban J connectivity index is 1.98. The average Bonchev–Trinajstić information content (AvgIpc) is 3.10. The van der Waals surface area contributed by atoms with Crippen LogP contribution in [0.2, 0.25) is 0 Å². The normalized spacial score (nSPS) is 11.4. The summed E-state index contributed by atoms with van der Waals surface area (Å²) in [5.41, 5.74) is 3.39. The Kier molecular flexibility index (Phi) is 5.03. The molecule has 3 aromatic rings. The molecule has 27 heavy (non-hydrogen) atoms. The van der Waals surface area contributed by atoms with Crippen molar-refractivity contribution in [2.75, 3.05) is 0 Å². The van der Waals surface area contributed by atoms with Gasteiger partial charge in [-0.1, -0.05) is 12.1 Å². The molecule has 0 spiro atoms. The third kappa shape index (κ3) is 3.87. The smallest absolute Gasteiger partial charge is 0.157 e. The van der Waals surface area contributed by atoms with Crippen molar-refractivity contribution in [1.82, 2.24) is 14.8 Å². The van der Waals surface area contributed by atoms with Crippen LogP contribution in [0, 0.1) is 6.92 Å². The van der Waals surface area contributed by atoms with E-state index < -0.39 is 0 Å². The van der Waals surface area contributed by atoms with Crippen LogP contribution >= 0.6 is 0 Å². The first kappa shape index (κ1) is 18.7. The van der Waals surface area contributed by atoms with E-state index in [4.69, 9.17) is 9.72 Å². The maximum absolute atomic E-state index is 11.2. The van der Waals surface area contributed by atoms with Gasteiger partial charge in [-0.3, -0.25) is 14.5 Å². The molecule has 138 valence electrons. The predicted molar refractivity (Wildman–Crippen MR) is 106 cm³/mol. The molecule has 0 bridgehead atoms. The van der Waals surface area contributed by atoms with Crippen LogP contribution in [-0.4, -0.2) is 34.0 Å². The van der Waals surface area contributed by atoms with Crippen LogP contribution in [0.25, 0.3) is 11.4 Å². The molecule has 0 aliphatic carbocycles. The number of ether oxygens (including phenoxy) is 1. The fraction of sp³-hybridized carbons (Fsp3) is 0.250. The van der Waals surface area contributed by atoms with Crippen LogP contribution in [0.4, 0.5) is 0 Å². The predicted octanol–water partition coefficient (Wildman–Crippen LogP) is 2.68. The molecule has 0 unspecified atom stereocenters. The summed E-state index contributed by atoms with van der Waals surface area (Å²) >= 11 is 0. The van der Waals surface area contributed by atoms with Gasteiger partial charge in [0.2, 0.25) is 0 Å². The molecule has 2 aromatic heterocycles. The summed E-state index contributed by atoms with van der Waals surface area (Å²) in [6.45, 7) is 6.31. The van der Waals surface area contributed by atoms with E-state index in [2.05, 4.69) is 26.8 Å². The second-order valence-corrected chi connectivity index (χ2v) is 7.35. The molecule has 0 aliphatic heterocycles. The molecule has 2 heterocycles. The molecule has 0 amide bonds. The van der Waals surface area contributed by atoms with E-state index in [0.717, 1.165) is 22.6 Å². The first-order valence-corrected chi connectivity index (χ1v) is 8.72. The highest BCUT2D eigenvalue weighted by atomic mass is 16.5. The molecule has 6 nitrogen and oxygen atoms in total. The Bertz CT molecular complexity index is 977. The molecule has 7 heteroatoms. The average molecular weight is 363 g/mol. The number of phenols is 1. The van der Waals surface area contributed by atoms with Gasteiger partial charge in [-0.05, 0) is 45.0 Å². The van der Waals surface area contributed by atoms with Crippen LogP contribution < -0.4 is 4.74 Å². The van der Waals surface area contributed by atoms with Gasteiger partial charge in [-0.2, -0.15) is 5.10 Å². The highest BCUT2D eigenvalue weighted by Crippen LogP contribution is 2.29. The zero-order valence-electron chi connectivity index (χ0n) is 15.9. The van der Waals surface area contributed by atoms with Crippen LogP contribution in [0.3, 0.4) is 0 Å². The van der Waals surface area contributed by atoms with Gasteiger partial charge in [-0.25, -0.2) is 0 Å². The lowest BCUT2D eigenvalue weighted by molar-refractivity contribution is 0.111. The van der Waals surface area contributed by atoms with E-state index >= 15 is 0 Å². The molecule has 0 aliphatic rings. The van der Waals surface area contributed by atoms with Crippen LogP contribution in [0.1, 0.15) is 35.5 Å². The van der Waals surface area contributed by atoms with Crippen molar-refractivity contribution in [3.8, 4) is 22.9 Å². The van der Waals surface area contributed by atoms with Crippen LogP contribution in [-0.2, 0) is 12.0 Å². The molecule has 0 fully saturated rings. The molecule has 0 atom stereocenters. The maximum atomic E-state index is 11.2. The summed E-state index contributed by atoms with van der Waals surface area (Å²) in [6.07, 6.45) is 2.35. The SMILES string of the molecule is BC(C)(C)n1nccc1-c1nc(C)ccc1COc1cccc(O)c1C=O. The van der Waals surface area contributed by atoms with Gasteiger partial charge in [0.1, 0.15) is 26.0 Å². The van der Waals surface area contributed by atoms with Gasteiger partial charge in [0.25, 0.3) is 0 Å². The Hall–Kier alpha value is -3.09. The number of aromatic nitrogens is 3. The molecule has 3 rings (SSSR count). The van der Waals surface area contributed by atoms with E-state index in [-0.39, 0.29) is 23.4 Å². The number of hydrogen-bond acceptors (Lipinski definition) is 5. The molecular formula is C20H22BN3O3. The lowest BCUT2D eigenvalue weighted by Gasteiger charge is -2.23. The van der Waals surface area contributed by atoms with Crippen molar-refractivity contribution in [1.29, 1.82) is 0 Å². The van der Waals surface area contributed by atoms with Gasteiger partial charge in [-0.15, -0.1) is 0 Å². The minimum atomic E-state index is -0.196. The molecule has 1 aromatic carbocycles. The lowest BCUT2D eigenvalue weighted by Crippen LogP contribution is -2.28. The third-order valence-electron chi connectivity index (χ3n) is 4.18. The van der Waals surface area contributed by atoms with Gasteiger partial charge < -0.3 is 9.84 Å². The van der Waals surface area contributed by atoms with Crippen molar-refractivity contribution in [3.05, 3.63) is 59.4 Å². The zero-order valence-corrected chi connectivity index (χ0v) is 15.9. The molecular weight excluding hydrogens is 341 g/mol. The minimum absolute atomic E-state index is 0.101. The van der Waals surface area contributed by atoms with E-state index in [1.165, 1.54) is 6.07 Å². The van der Waals surface area contributed by atoms with Crippen molar-refractivity contribution in [2.45, 2.75) is 32.8 Å². The second-order valence-electron chi connectivity index (χ2n) is 7.35. The van der Waals surface area contributed by atoms with E-state index in [0.29, 0.717) is 12.0 Å². The number of pyridine rings is 1. The number of aldehydes is 1. The van der Waals surface area contributed by atoms with Crippen molar-refractivity contribution < 1.29 is 14.6 Å². The minimum Gasteiger partial charge on any atom is -0.507 e. The third-order valence-corrected chi connectivity index (χ3v) is 4.18. The highest BCUT2D eigenvalue weighted by molar-refractivity contribution is 6.13. The van der Waals surface area contributed by atoms with E-state index in [1.54, 1.807) is 18.3 Å². The number of carbonyl (C=O) groups is 1. The zero-order chi connectivity index (χ0) is 19.6. The maximum Gasteiger partial charge on any atom is 0.157 e. The monoisotopic (exact) mass is 363 g/mol. The fourth-order valence-corrected chi connectivity index (χ4v) is 2.87. The summed E-state index contributed by atoms with van der Waals surface area (Å²) in [4.78, 5) is 16.0. The summed E-state index contributed by atoms with van der Waals surface area (Å²) < 4.78 is 7.77. The largest absolute Gasteiger partial charge is 0.507 e. The number of aromatic hydroxyl groups is 1. The Morgan fingerprint density at radius 2 is 2.04 bits per heavy atom. The number of nitrogens with zero attached hydrogens (tertiary/aromatic N) is 3. The second kappa shape index (κ2) is 7.27. The van der Waals surface area contributed by atoms with E-state index in [1.807, 2.05) is 29.8 Å². The summed E-state index contributed by atoms with van der Waals surface area (Å²) in [5.74, 6) is 0.233. The van der Waals surface area contributed by atoms with Gasteiger partial charge >= 0.3 is 0 Å². The van der Waals surface area contributed by atoms with Crippen molar-refractivity contribution >= 4 is 14.1 Å². The number of benzene rings is 1. The van der Waals surface area contributed by atoms with Crippen molar-refractivity contribution in [3.63, 3.8) is 0 Å². The number of aryl methyl sites for hydroxylation is 1. The first-order chi connectivity index (χ1) is 12.8. The number of carbonyl (C=O) groups excluding carboxylic acids is 1. The Morgan fingerprint density at radius 3 is 2.74 bits per heavy atom. The summed E-state index contributed by atoms with van der Waals surface area (Å²) in [7, 11) is 2.08. The number of phenolic OH excluding ortho intramolecular Hbond substituents is 1. The summed E-state index contributed by atoms with van der Waals surface area (Å²) in [5, 5.41) is 14.3. The lowest BCUT2D eigenvalue weighted by atomic mass is 9.81. The molecule has 0 saturated carbocycles. The molecule has 1 N–H and O–H groups in total. The Morgan fingerprint density at radius 1 is 1.26 bits per heavy atom. The first-order valence-electron chi connectivity index (χ1n) is 8.72. The van der Waals surface area contributed by atoms with Gasteiger partial charge in [0.05, 0.1) is 17.0 Å². The fourth-order valence-electron chi connectivity index (χ4n) is 2.87. The topological polar surface area (TPSA) is 77.2 Å². The van der Waals surface area contributed by atoms with Gasteiger partial charge in [0.15, 0.2) is 6.29 Å². The van der Waals surface area contributed by atoms with Crippen LogP contribution in [0.15, 0.2) is 42.6 Å². The highest BCUT2D eigenvalue weighted by Gasteiger charge is 2.21. The molecule has 0 saturated heterocycles. The Labute approximate surface area is 159 Å². The van der Waals surface area contributed by atoms with E-state index in [9.17, 15) is 9.90 Å². The number of hydrogen-bond donors (Lipinski definition) is 1. The standard InChI is InChI=1S/C20H22BN3O3/c1-13-7-8-14(12-27-18-6-4-5-17(26)15(18)11-25)19(23-13)16-9-10-22-24(16)20(2,3)21/h4-11,26H,12,21H2,1-3H3. The number of rotatable bonds is 6. The van der Waals surface area contributed by atoms with Crippen molar-refractivity contribution in [2.24, 2.45) is 0 Å². The summed E-state index contributed by atoms with van der Waals surface area (Å²) in [6, 6.07) is 10.6.